The van der Waals surface area contributed by atoms with Crippen molar-refractivity contribution in [3.05, 3.63) is 12.2 Å². The van der Waals surface area contributed by atoms with Gasteiger partial charge in [-0.15, -0.1) is 0 Å². The molecule has 0 aliphatic carbocycles. The Morgan fingerprint density at radius 2 is 1.62 bits per heavy atom. The maximum absolute atomic E-state index is 10.2. The van der Waals surface area contributed by atoms with Gasteiger partial charge in [-0.3, -0.25) is 0 Å². The summed E-state index contributed by atoms with van der Waals surface area (Å²) >= 11 is 0. The number of allylic oxidation sites excluding steroid dienone is 1. The molecule has 3 nitrogen and oxygen atoms in total. The normalized spacial score (nSPS) is 12.9. The van der Waals surface area contributed by atoms with Crippen molar-refractivity contribution in [2.24, 2.45) is 0 Å². The van der Waals surface area contributed by atoms with Crippen LogP contribution in [0.15, 0.2) is 12.2 Å². The number of carboxylic acid groups (broad SMARTS) is 1. The number of unbranched alkanes of at least 4 members (excludes halogenated alkanes) is 9. The van der Waals surface area contributed by atoms with Gasteiger partial charge >= 0.3 is 0 Å². The van der Waals surface area contributed by atoms with Gasteiger partial charge in [-0.1, -0.05) is 70.4 Å². The highest BCUT2D eigenvalue weighted by Gasteiger charge is 1.98. The van der Waals surface area contributed by atoms with E-state index in [-0.39, 0.29) is 12.5 Å². The summed E-state index contributed by atoms with van der Waals surface area (Å²) in [5, 5.41) is 20.0. The van der Waals surface area contributed by atoms with Gasteiger partial charge in [0.1, 0.15) is 0 Å². The monoisotopic (exact) mass is 297 g/mol. The molecule has 0 aliphatic rings. The second-order valence-corrected chi connectivity index (χ2v) is 5.88. The van der Waals surface area contributed by atoms with Crippen molar-refractivity contribution >= 4 is 5.97 Å². The summed E-state index contributed by atoms with van der Waals surface area (Å²) in [5.74, 6) is -0.943. The van der Waals surface area contributed by atoms with Gasteiger partial charge in [0, 0.05) is 5.97 Å². The molecule has 3 heteroatoms. The molecule has 124 valence electrons. The Kier molecular flexibility index (Phi) is 14.9. The van der Waals surface area contributed by atoms with Crippen LogP contribution in [0.1, 0.15) is 90.4 Å². The van der Waals surface area contributed by atoms with Gasteiger partial charge < -0.3 is 15.0 Å². The molecule has 21 heavy (non-hydrogen) atoms. The Labute approximate surface area is 130 Å². The molecule has 1 unspecified atom stereocenters. The van der Waals surface area contributed by atoms with Crippen LogP contribution in [-0.2, 0) is 4.79 Å². The lowest BCUT2D eigenvalue weighted by molar-refractivity contribution is -0.305. The highest BCUT2D eigenvalue weighted by molar-refractivity contribution is 5.63. The van der Waals surface area contributed by atoms with Crippen LogP contribution in [0.5, 0.6) is 0 Å². The molecular weight excluding hydrogens is 264 g/mol. The summed E-state index contributed by atoms with van der Waals surface area (Å²) in [6.07, 6.45) is 17.0. The second-order valence-electron chi connectivity index (χ2n) is 5.88. The van der Waals surface area contributed by atoms with Gasteiger partial charge in [0.25, 0.3) is 0 Å². The van der Waals surface area contributed by atoms with Crippen molar-refractivity contribution in [2.45, 2.75) is 96.5 Å². The quantitative estimate of drug-likeness (QED) is 0.370. The second kappa shape index (κ2) is 15.6. The lowest BCUT2D eigenvalue weighted by Gasteiger charge is -2.05. The number of carbonyl (C=O) groups is 1. The maximum atomic E-state index is 10.2. The van der Waals surface area contributed by atoms with Crippen LogP contribution in [0.25, 0.3) is 0 Å². The van der Waals surface area contributed by atoms with E-state index in [0.717, 1.165) is 51.4 Å². The molecule has 0 bridgehead atoms. The van der Waals surface area contributed by atoms with Crippen molar-refractivity contribution in [1.82, 2.24) is 0 Å². The fourth-order valence-corrected chi connectivity index (χ4v) is 2.37. The predicted molar refractivity (Wildman–Crippen MR) is 85.8 cm³/mol. The summed E-state index contributed by atoms with van der Waals surface area (Å²) in [6.45, 7) is 2.21. The maximum Gasteiger partial charge on any atom is 0.0720 e. The molecule has 0 heterocycles. The molecule has 0 aromatic carbocycles. The molecule has 0 aliphatic heterocycles. The van der Waals surface area contributed by atoms with E-state index in [2.05, 4.69) is 13.0 Å². The van der Waals surface area contributed by atoms with Crippen molar-refractivity contribution in [2.75, 3.05) is 0 Å². The van der Waals surface area contributed by atoms with Crippen LogP contribution < -0.4 is 5.11 Å². The largest absolute Gasteiger partial charge is 0.550 e. The van der Waals surface area contributed by atoms with Gasteiger partial charge in [-0.2, -0.15) is 0 Å². The molecule has 0 amide bonds. The van der Waals surface area contributed by atoms with Crippen molar-refractivity contribution in [3.8, 4) is 0 Å². The molecular formula is C18H33O3-. The zero-order chi connectivity index (χ0) is 15.8. The van der Waals surface area contributed by atoms with Gasteiger partial charge in [-0.25, -0.2) is 0 Å². The molecule has 0 spiro atoms. The SMILES string of the molecule is CCCCCCCC(O)/C=C\CCCCCCCC(=O)[O-]. The molecule has 1 N–H and O–H groups in total. The van der Waals surface area contributed by atoms with Gasteiger partial charge in [0.05, 0.1) is 6.10 Å². The standard InChI is InChI=1S/C18H34O3/c1-2-3-4-8-11-14-17(19)15-12-9-6-5-7-10-13-16-18(20)21/h12,15,17,19H,2-11,13-14,16H2,1H3,(H,20,21)/p-1/b15-12-. The summed E-state index contributed by atoms with van der Waals surface area (Å²) in [4.78, 5) is 10.2. The molecule has 0 rings (SSSR count). The number of hydrogen-bond donors (Lipinski definition) is 1. The molecule has 0 fully saturated rings. The third-order valence-electron chi connectivity index (χ3n) is 3.71. The van der Waals surface area contributed by atoms with Crippen molar-refractivity contribution in [3.63, 3.8) is 0 Å². The Morgan fingerprint density at radius 3 is 2.33 bits per heavy atom. The molecule has 0 radical (unpaired) electrons. The van der Waals surface area contributed by atoms with E-state index >= 15 is 0 Å². The lowest BCUT2D eigenvalue weighted by atomic mass is 10.1. The zero-order valence-corrected chi connectivity index (χ0v) is 13.7. The number of aliphatic hydroxyl groups is 1. The minimum absolute atomic E-state index is 0.185. The summed E-state index contributed by atoms with van der Waals surface area (Å²) in [7, 11) is 0. The van der Waals surface area contributed by atoms with E-state index in [1.165, 1.54) is 25.7 Å². The average Bonchev–Trinajstić information content (AvgIpc) is 2.45. The van der Waals surface area contributed by atoms with Gasteiger partial charge in [0.2, 0.25) is 0 Å². The van der Waals surface area contributed by atoms with E-state index in [4.69, 9.17) is 0 Å². The Balaban J connectivity index is 3.28. The molecule has 0 saturated carbocycles. The minimum Gasteiger partial charge on any atom is -0.550 e. The fraction of sp³-hybridized carbons (Fsp3) is 0.833. The number of carboxylic acids is 1. The molecule has 0 saturated heterocycles. The van der Waals surface area contributed by atoms with Crippen LogP contribution in [0.2, 0.25) is 0 Å². The topological polar surface area (TPSA) is 60.4 Å². The third-order valence-corrected chi connectivity index (χ3v) is 3.71. The lowest BCUT2D eigenvalue weighted by Crippen LogP contribution is -2.21. The van der Waals surface area contributed by atoms with Crippen LogP contribution in [-0.4, -0.2) is 17.2 Å². The number of carbonyl (C=O) groups excluding carboxylic acids is 1. The van der Waals surface area contributed by atoms with E-state index < -0.39 is 5.97 Å². The van der Waals surface area contributed by atoms with Crippen LogP contribution in [0.3, 0.4) is 0 Å². The Bertz CT molecular complexity index is 261. The first-order valence-corrected chi connectivity index (χ1v) is 8.71. The summed E-state index contributed by atoms with van der Waals surface area (Å²) in [5.41, 5.74) is 0. The zero-order valence-electron chi connectivity index (χ0n) is 13.7. The van der Waals surface area contributed by atoms with E-state index in [9.17, 15) is 15.0 Å². The minimum atomic E-state index is -0.943. The van der Waals surface area contributed by atoms with Gasteiger partial charge in [-0.05, 0) is 32.1 Å². The van der Waals surface area contributed by atoms with Crippen LogP contribution in [0.4, 0.5) is 0 Å². The average molecular weight is 297 g/mol. The van der Waals surface area contributed by atoms with Crippen molar-refractivity contribution in [1.29, 1.82) is 0 Å². The molecule has 0 aromatic heterocycles. The third kappa shape index (κ3) is 17.1. The van der Waals surface area contributed by atoms with E-state index in [0.29, 0.717) is 0 Å². The van der Waals surface area contributed by atoms with E-state index in [1.807, 2.05) is 6.08 Å². The fourth-order valence-electron chi connectivity index (χ4n) is 2.37. The van der Waals surface area contributed by atoms with Crippen LogP contribution >= 0.6 is 0 Å². The molecule has 0 aromatic rings. The van der Waals surface area contributed by atoms with Crippen molar-refractivity contribution < 1.29 is 15.0 Å². The first-order chi connectivity index (χ1) is 10.2. The first kappa shape index (κ1) is 20.2. The highest BCUT2D eigenvalue weighted by atomic mass is 16.4. The molecule has 1 atom stereocenters. The number of hydrogen-bond acceptors (Lipinski definition) is 3. The van der Waals surface area contributed by atoms with Gasteiger partial charge in [0.15, 0.2) is 0 Å². The Morgan fingerprint density at radius 1 is 1.00 bits per heavy atom. The smallest absolute Gasteiger partial charge is 0.0720 e. The first-order valence-electron chi connectivity index (χ1n) is 8.71. The number of aliphatic carboxylic acids is 1. The highest BCUT2D eigenvalue weighted by Crippen LogP contribution is 2.10. The Hall–Kier alpha value is -0.830. The number of rotatable bonds is 15. The van der Waals surface area contributed by atoms with E-state index in [1.54, 1.807) is 0 Å². The summed E-state index contributed by atoms with van der Waals surface area (Å²) < 4.78 is 0. The number of aliphatic hydroxyl groups excluding tert-OH is 1. The predicted octanol–water partition coefficient (Wildman–Crippen LogP) is 3.74. The van der Waals surface area contributed by atoms with Crippen LogP contribution in [0, 0.1) is 0 Å². The summed E-state index contributed by atoms with van der Waals surface area (Å²) in [6, 6.07) is 0.